The van der Waals surface area contributed by atoms with E-state index in [1.807, 2.05) is 0 Å². The number of hydrogen-bond acceptors (Lipinski definition) is 6. The minimum Gasteiger partial charge on any atom is -0.466 e. The molecule has 0 amide bonds. The van der Waals surface area contributed by atoms with Gasteiger partial charge < -0.3 is 9.47 Å². The predicted molar refractivity (Wildman–Crippen MR) is 133 cm³/mol. The summed E-state index contributed by atoms with van der Waals surface area (Å²) in [6, 6.07) is 0. The quantitative estimate of drug-likeness (QED) is 0.0888. The summed E-state index contributed by atoms with van der Waals surface area (Å²) in [7, 11) is -4.75. The molecule has 0 spiro atoms. The van der Waals surface area contributed by atoms with E-state index in [2.05, 4.69) is 13.8 Å². The van der Waals surface area contributed by atoms with E-state index in [0.717, 1.165) is 38.5 Å². The monoisotopic (exact) mass is 501 g/mol. The fourth-order valence-electron chi connectivity index (χ4n) is 3.44. The van der Waals surface area contributed by atoms with Gasteiger partial charge in [0.25, 0.3) is 10.1 Å². The van der Waals surface area contributed by atoms with Gasteiger partial charge in [-0.2, -0.15) is 8.42 Å². The summed E-state index contributed by atoms with van der Waals surface area (Å²) in [5.41, 5.74) is 0. The standard InChI is InChI=1S/C24H46O7S.Na/c1-3-5-7-9-11-13-15-17-19-30-23(25)21-22(32(27,28)29)24(26)31-20-18-16-14-12-10-8-6-4-2;/h22H,3-21H2,1-2H3,(H,27,28,29);. The number of carbonyl (C=O) groups excluding carboxylic acids is 2. The first-order chi connectivity index (χ1) is 15.3. The molecule has 0 aliphatic carbocycles. The zero-order valence-electron chi connectivity index (χ0n) is 21.3. The summed E-state index contributed by atoms with van der Waals surface area (Å²) in [6.45, 7) is 4.61. The van der Waals surface area contributed by atoms with Crippen molar-refractivity contribution in [2.24, 2.45) is 0 Å². The van der Waals surface area contributed by atoms with Crippen LogP contribution >= 0.6 is 0 Å². The van der Waals surface area contributed by atoms with E-state index >= 15 is 0 Å². The molecule has 0 aromatic rings. The summed E-state index contributed by atoms with van der Waals surface area (Å²) in [4.78, 5) is 24.0. The SMILES string of the molecule is CCCCCCCCCCOC(=O)CC(C(=O)OCCCCCCCCCC)S(=O)(=O)O.[Na]. The molecule has 1 N–H and O–H groups in total. The summed E-state index contributed by atoms with van der Waals surface area (Å²) < 4.78 is 42.4. The van der Waals surface area contributed by atoms with Crippen LogP contribution in [0.3, 0.4) is 0 Å². The van der Waals surface area contributed by atoms with Crippen molar-refractivity contribution in [3.63, 3.8) is 0 Å². The first kappa shape index (κ1) is 35.0. The second kappa shape index (κ2) is 23.6. The third kappa shape index (κ3) is 22.1. The van der Waals surface area contributed by atoms with Crippen LogP contribution in [0.2, 0.25) is 0 Å². The topological polar surface area (TPSA) is 107 Å². The fourth-order valence-corrected chi connectivity index (χ4v) is 4.10. The van der Waals surface area contributed by atoms with Crippen molar-refractivity contribution in [2.45, 2.75) is 128 Å². The number of hydrogen-bond donors (Lipinski definition) is 1. The number of unbranched alkanes of at least 4 members (excludes halogenated alkanes) is 14. The minimum atomic E-state index is -4.75. The molecule has 0 aromatic heterocycles. The van der Waals surface area contributed by atoms with Crippen molar-refractivity contribution in [3.8, 4) is 0 Å². The smallest absolute Gasteiger partial charge is 0.327 e. The maximum atomic E-state index is 12.1. The molecule has 0 saturated carbocycles. The summed E-state index contributed by atoms with van der Waals surface area (Å²) >= 11 is 0. The van der Waals surface area contributed by atoms with Crippen LogP contribution < -0.4 is 0 Å². The maximum absolute atomic E-state index is 12.1. The van der Waals surface area contributed by atoms with Gasteiger partial charge in [-0.15, -0.1) is 0 Å². The van der Waals surface area contributed by atoms with Crippen LogP contribution in [0.4, 0.5) is 0 Å². The first-order valence-electron chi connectivity index (χ1n) is 12.6. The van der Waals surface area contributed by atoms with E-state index in [1.54, 1.807) is 0 Å². The van der Waals surface area contributed by atoms with Crippen molar-refractivity contribution in [1.82, 2.24) is 0 Å². The Morgan fingerprint density at radius 2 is 1.03 bits per heavy atom. The predicted octanol–water partition coefficient (Wildman–Crippen LogP) is 5.62. The Morgan fingerprint density at radius 3 is 1.42 bits per heavy atom. The van der Waals surface area contributed by atoms with Gasteiger partial charge in [0.15, 0.2) is 5.25 Å². The molecule has 0 fully saturated rings. The van der Waals surface area contributed by atoms with Gasteiger partial charge in [-0.1, -0.05) is 104 Å². The van der Waals surface area contributed by atoms with Gasteiger partial charge in [0.2, 0.25) is 0 Å². The third-order valence-electron chi connectivity index (χ3n) is 5.48. The Hall–Kier alpha value is -0.150. The van der Waals surface area contributed by atoms with Gasteiger partial charge in [0, 0.05) is 29.6 Å². The van der Waals surface area contributed by atoms with Crippen LogP contribution in [0.1, 0.15) is 123 Å². The molecular weight excluding hydrogens is 455 g/mol. The molecule has 1 atom stereocenters. The second-order valence-electron chi connectivity index (χ2n) is 8.55. The minimum absolute atomic E-state index is 0. The molecule has 0 aliphatic heterocycles. The third-order valence-corrected chi connectivity index (χ3v) is 6.56. The molecule has 1 radical (unpaired) electrons. The molecule has 0 rings (SSSR count). The van der Waals surface area contributed by atoms with Crippen molar-refractivity contribution in [1.29, 1.82) is 0 Å². The van der Waals surface area contributed by atoms with Crippen molar-refractivity contribution in [3.05, 3.63) is 0 Å². The number of carbonyl (C=O) groups is 2. The van der Waals surface area contributed by atoms with E-state index in [4.69, 9.17) is 9.47 Å². The molecule has 33 heavy (non-hydrogen) atoms. The van der Waals surface area contributed by atoms with E-state index in [1.165, 1.54) is 51.4 Å². The molecule has 0 bridgehead atoms. The van der Waals surface area contributed by atoms with Crippen LogP contribution in [-0.2, 0) is 29.2 Å². The molecular formula is C24H46NaO7S. The Labute approximate surface area is 224 Å². The van der Waals surface area contributed by atoms with Crippen LogP contribution in [0, 0.1) is 0 Å². The molecule has 0 saturated heterocycles. The zero-order valence-corrected chi connectivity index (χ0v) is 24.1. The average Bonchev–Trinajstić information content (AvgIpc) is 2.74. The average molecular weight is 502 g/mol. The fraction of sp³-hybridized carbons (Fsp3) is 0.917. The molecule has 1 unspecified atom stereocenters. The summed E-state index contributed by atoms with van der Waals surface area (Å²) in [5, 5.41) is -1.93. The summed E-state index contributed by atoms with van der Waals surface area (Å²) in [6.07, 6.45) is 16.6. The number of esters is 2. The van der Waals surface area contributed by atoms with Gasteiger partial charge in [-0.3, -0.25) is 14.1 Å². The normalized spacial score (nSPS) is 12.1. The van der Waals surface area contributed by atoms with Crippen LogP contribution in [0.5, 0.6) is 0 Å². The van der Waals surface area contributed by atoms with E-state index in [9.17, 15) is 22.6 Å². The Bertz CT molecular complexity index is 581. The van der Waals surface area contributed by atoms with E-state index in [0.29, 0.717) is 12.8 Å². The molecule has 0 aliphatic rings. The Balaban J connectivity index is 0. The molecule has 0 heterocycles. The number of ether oxygens (including phenoxy) is 2. The van der Waals surface area contributed by atoms with Crippen molar-refractivity contribution in [2.75, 3.05) is 13.2 Å². The molecule has 0 aromatic carbocycles. The second-order valence-corrected chi connectivity index (χ2v) is 10.1. The summed E-state index contributed by atoms with van der Waals surface area (Å²) in [5.74, 6) is -1.92. The largest absolute Gasteiger partial charge is 0.466 e. The van der Waals surface area contributed by atoms with Gasteiger partial charge in [0.05, 0.1) is 19.6 Å². The van der Waals surface area contributed by atoms with Gasteiger partial charge in [-0.05, 0) is 12.8 Å². The van der Waals surface area contributed by atoms with E-state index < -0.39 is 33.7 Å². The molecule has 7 nitrogen and oxygen atoms in total. The van der Waals surface area contributed by atoms with Crippen LogP contribution in [-0.4, -0.2) is 72.9 Å². The number of rotatable bonds is 22. The molecule has 9 heteroatoms. The van der Waals surface area contributed by atoms with Crippen molar-refractivity contribution >= 4 is 51.6 Å². The first-order valence-corrected chi connectivity index (χ1v) is 14.1. The van der Waals surface area contributed by atoms with Gasteiger partial charge in [0.1, 0.15) is 0 Å². The van der Waals surface area contributed by atoms with Crippen LogP contribution in [0.15, 0.2) is 0 Å². The van der Waals surface area contributed by atoms with Crippen molar-refractivity contribution < 1.29 is 32.0 Å². The van der Waals surface area contributed by atoms with E-state index in [-0.39, 0.29) is 42.8 Å². The maximum Gasteiger partial charge on any atom is 0.327 e. The molecule has 191 valence electrons. The Morgan fingerprint density at radius 1 is 0.667 bits per heavy atom. The Kier molecular flexibility index (Phi) is 25.0. The van der Waals surface area contributed by atoms with Crippen LogP contribution in [0.25, 0.3) is 0 Å². The van der Waals surface area contributed by atoms with Gasteiger partial charge in [-0.25, -0.2) is 0 Å². The van der Waals surface area contributed by atoms with Gasteiger partial charge >= 0.3 is 11.9 Å². The zero-order chi connectivity index (χ0) is 24.1.